The number of hydrogen-bond donors (Lipinski definition) is 1. The van der Waals surface area contributed by atoms with Crippen LogP contribution >= 0.6 is 11.6 Å². The summed E-state index contributed by atoms with van der Waals surface area (Å²) in [5.41, 5.74) is 4.10. The van der Waals surface area contributed by atoms with Gasteiger partial charge in [-0.3, -0.25) is 0 Å². The molecule has 1 fully saturated rings. The first-order chi connectivity index (χ1) is 20.7. The fourth-order valence-electron chi connectivity index (χ4n) is 6.02. The Morgan fingerprint density at radius 3 is 2.43 bits per heavy atom. The Balaban J connectivity index is 1.13. The molecular formula is C34H39ClN2O5. The molecule has 222 valence electrons. The topological polar surface area (TPSA) is 69.3 Å². The van der Waals surface area contributed by atoms with E-state index in [0.717, 1.165) is 98.0 Å². The van der Waals surface area contributed by atoms with Gasteiger partial charge in [-0.15, -0.1) is 11.6 Å². The highest BCUT2D eigenvalue weighted by molar-refractivity contribution is 6.17. The molecule has 0 aromatic heterocycles. The van der Waals surface area contributed by atoms with E-state index in [0.29, 0.717) is 31.1 Å². The molecule has 3 aromatic rings. The Labute approximate surface area is 253 Å². The lowest BCUT2D eigenvalue weighted by atomic mass is 9.76. The zero-order valence-corrected chi connectivity index (χ0v) is 24.8. The first kappa shape index (κ1) is 28.8. The number of carbonyl (C=O) groups is 1. The van der Waals surface area contributed by atoms with Crippen LogP contribution in [0.2, 0.25) is 0 Å². The average Bonchev–Trinajstić information content (AvgIpc) is 3.26. The maximum absolute atomic E-state index is 13.4. The average molecular weight is 591 g/mol. The monoisotopic (exact) mass is 590 g/mol. The van der Waals surface area contributed by atoms with Crippen molar-refractivity contribution in [1.29, 1.82) is 0 Å². The number of rotatable bonds is 15. The predicted molar refractivity (Wildman–Crippen MR) is 165 cm³/mol. The van der Waals surface area contributed by atoms with Crippen LogP contribution in [-0.4, -0.2) is 57.9 Å². The number of ether oxygens (including phenoxy) is 4. The third-order valence-corrected chi connectivity index (χ3v) is 8.51. The second-order valence-corrected chi connectivity index (χ2v) is 11.4. The Morgan fingerprint density at radius 1 is 0.833 bits per heavy atom. The molecule has 3 aliphatic heterocycles. The van der Waals surface area contributed by atoms with E-state index < -0.39 is 5.60 Å². The Bertz CT molecular complexity index is 1390. The standard InChI is InChI=1S/C34H39ClN2O5/c35-16-5-1-2-6-20-39-22-23-40-21-8-17-36-25-14-15-26-28(24-25)34(42-33(26)38)27-10-3-4-12-30(27)41-31-13-7-11-29(32(31)34)37-18-9-19-37/h3-4,7,10-15,24,36H,1-2,5-6,8-9,16-23H2. The number of benzene rings is 3. The SMILES string of the molecule is O=C1OC2(c3ccccc3Oc3cccc(N4CCC4)c32)c2cc(NCCCOCCOCCCCCCCl)ccc21. The van der Waals surface area contributed by atoms with Crippen LogP contribution < -0.4 is 15.0 Å². The van der Waals surface area contributed by atoms with E-state index >= 15 is 0 Å². The third kappa shape index (κ3) is 5.70. The lowest BCUT2D eigenvalue weighted by Crippen LogP contribution is -2.41. The van der Waals surface area contributed by atoms with Gasteiger partial charge in [0.2, 0.25) is 0 Å². The molecule has 1 atom stereocenters. The minimum atomic E-state index is -1.08. The minimum absolute atomic E-state index is 0.316. The number of unbranched alkanes of at least 4 members (excludes halogenated alkanes) is 3. The number of fused-ring (bicyclic) bond motifs is 6. The van der Waals surface area contributed by atoms with Crippen molar-refractivity contribution in [2.75, 3.05) is 62.2 Å². The quantitative estimate of drug-likeness (QED) is 0.115. The van der Waals surface area contributed by atoms with Crippen molar-refractivity contribution >= 4 is 28.9 Å². The predicted octanol–water partition coefficient (Wildman–Crippen LogP) is 7.10. The fraction of sp³-hybridized carbons (Fsp3) is 0.441. The molecule has 3 aliphatic rings. The number of nitrogens with one attached hydrogen (secondary N) is 1. The highest BCUT2D eigenvalue weighted by Crippen LogP contribution is 2.59. The third-order valence-electron chi connectivity index (χ3n) is 8.24. The van der Waals surface area contributed by atoms with Crippen molar-refractivity contribution in [2.24, 2.45) is 0 Å². The summed E-state index contributed by atoms with van der Waals surface area (Å²) in [6.07, 6.45) is 6.48. The molecule has 42 heavy (non-hydrogen) atoms. The Kier molecular flexibility index (Phi) is 9.18. The van der Waals surface area contributed by atoms with Crippen LogP contribution in [0.4, 0.5) is 11.4 Å². The molecule has 3 heterocycles. The largest absolute Gasteiger partial charge is 0.456 e. The van der Waals surface area contributed by atoms with E-state index in [4.69, 9.17) is 30.5 Å². The number of esters is 1. The van der Waals surface area contributed by atoms with Crippen LogP contribution in [0.15, 0.2) is 60.7 Å². The first-order valence-corrected chi connectivity index (χ1v) is 15.7. The number of alkyl halides is 1. The molecular weight excluding hydrogens is 552 g/mol. The van der Waals surface area contributed by atoms with Crippen molar-refractivity contribution in [2.45, 2.75) is 44.1 Å². The first-order valence-electron chi connectivity index (χ1n) is 15.2. The molecule has 1 unspecified atom stereocenters. The normalized spacial score (nSPS) is 18.1. The van der Waals surface area contributed by atoms with E-state index in [2.05, 4.69) is 22.3 Å². The zero-order chi connectivity index (χ0) is 28.8. The molecule has 1 spiro atoms. The van der Waals surface area contributed by atoms with E-state index in [1.165, 1.54) is 6.42 Å². The lowest BCUT2D eigenvalue weighted by Gasteiger charge is -2.42. The van der Waals surface area contributed by atoms with Gasteiger partial charge in [0.05, 0.1) is 24.3 Å². The number of hydrogen-bond acceptors (Lipinski definition) is 7. The van der Waals surface area contributed by atoms with Gasteiger partial charge in [0.15, 0.2) is 5.60 Å². The number of halogens is 1. The number of nitrogens with zero attached hydrogens (tertiary/aromatic N) is 1. The maximum atomic E-state index is 13.4. The van der Waals surface area contributed by atoms with E-state index in [1.807, 2.05) is 48.5 Å². The van der Waals surface area contributed by atoms with Gasteiger partial charge in [-0.1, -0.05) is 37.1 Å². The van der Waals surface area contributed by atoms with Gasteiger partial charge in [0.25, 0.3) is 0 Å². The summed E-state index contributed by atoms with van der Waals surface area (Å²) in [5, 5.41) is 3.53. The molecule has 7 nitrogen and oxygen atoms in total. The molecule has 0 radical (unpaired) electrons. The molecule has 0 bridgehead atoms. The maximum Gasteiger partial charge on any atom is 0.340 e. The molecule has 1 saturated heterocycles. The van der Waals surface area contributed by atoms with E-state index in [1.54, 1.807) is 0 Å². The number of carbonyl (C=O) groups excluding carboxylic acids is 1. The summed E-state index contributed by atoms with van der Waals surface area (Å²) >= 11 is 5.71. The lowest BCUT2D eigenvalue weighted by molar-refractivity contribution is 0.0225. The second-order valence-electron chi connectivity index (χ2n) is 11.0. The smallest absolute Gasteiger partial charge is 0.340 e. The fourth-order valence-corrected chi connectivity index (χ4v) is 6.21. The van der Waals surface area contributed by atoms with E-state index in [-0.39, 0.29) is 5.97 Å². The van der Waals surface area contributed by atoms with Gasteiger partial charge in [0, 0.05) is 61.2 Å². The van der Waals surface area contributed by atoms with Crippen LogP contribution in [0.25, 0.3) is 0 Å². The highest BCUT2D eigenvalue weighted by atomic mass is 35.5. The van der Waals surface area contributed by atoms with Crippen LogP contribution in [0.1, 0.15) is 65.6 Å². The molecule has 8 heteroatoms. The molecule has 0 saturated carbocycles. The summed E-state index contributed by atoms with van der Waals surface area (Å²) in [6, 6.07) is 19.9. The number of para-hydroxylation sites is 1. The van der Waals surface area contributed by atoms with Gasteiger partial charge < -0.3 is 29.2 Å². The second kappa shape index (κ2) is 13.4. The Hall–Kier alpha value is -3.26. The summed E-state index contributed by atoms with van der Waals surface area (Å²) in [4.78, 5) is 15.7. The Morgan fingerprint density at radius 2 is 1.62 bits per heavy atom. The van der Waals surface area contributed by atoms with Gasteiger partial charge in [-0.2, -0.15) is 0 Å². The van der Waals surface area contributed by atoms with Crippen molar-refractivity contribution < 1.29 is 23.7 Å². The van der Waals surface area contributed by atoms with Gasteiger partial charge in [-0.05, 0) is 62.1 Å². The summed E-state index contributed by atoms with van der Waals surface area (Å²) in [5.74, 6) is 1.86. The molecule has 0 amide bonds. The van der Waals surface area contributed by atoms with E-state index in [9.17, 15) is 4.79 Å². The van der Waals surface area contributed by atoms with Gasteiger partial charge >= 0.3 is 5.97 Å². The van der Waals surface area contributed by atoms with Crippen molar-refractivity contribution in [3.63, 3.8) is 0 Å². The van der Waals surface area contributed by atoms with Crippen LogP contribution in [0.5, 0.6) is 11.5 Å². The minimum Gasteiger partial charge on any atom is -0.456 e. The van der Waals surface area contributed by atoms with Crippen LogP contribution in [0.3, 0.4) is 0 Å². The highest BCUT2D eigenvalue weighted by Gasteiger charge is 2.55. The summed E-state index contributed by atoms with van der Waals surface area (Å²) in [7, 11) is 0. The molecule has 6 rings (SSSR count). The summed E-state index contributed by atoms with van der Waals surface area (Å²) < 4.78 is 24.2. The van der Waals surface area contributed by atoms with Crippen LogP contribution in [-0.2, 0) is 19.8 Å². The van der Waals surface area contributed by atoms with Crippen LogP contribution in [0, 0.1) is 0 Å². The molecule has 3 aromatic carbocycles. The zero-order valence-electron chi connectivity index (χ0n) is 24.0. The van der Waals surface area contributed by atoms with Gasteiger partial charge in [0.1, 0.15) is 11.5 Å². The van der Waals surface area contributed by atoms with Crippen molar-refractivity contribution in [1.82, 2.24) is 0 Å². The van der Waals surface area contributed by atoms with Gasteiger partial charge in [-0.25, -0.2) is 4.79 Å². The van der Waals surface area contributed by atoms with Crippen molar-refractivity contribution in [3.05, 3.63) is 82.9 Å². The molecule has 0 aliphatic carbocycles. The van der Waals surface area contributed by atoms with Crippen molar-refractivity contribution in [3.8, 4) is 11.5 Å². The molecule has 1 N–H and O–H groups in total. The number of anilines is 2. The summed E-state index contributed by atoms with van der Waals surface area (Å²) in [6.45, 7) is 5.34.